The summed E-state index contributed by atoms with van der Waals surface area (Å²) in [5.41, 5.74) is 2.82. The highest BCUT2D eigenvalue weighted by Crippen LogP contribution is 2.38. The summed E-state index contributed by atoms with van der Waals surface area (Å²) in [6.07, 6.45) is 1.85. The van der Waals surface area contributed by atoms with Crippen molar-refractivity contribution >= 4 is 54.9 Å². The van der Waals surface area contributed by atoms with Crippen LogP contribution in [-0.2, 0) is 0 Å². The van der Waals surface area contributed by atoms with Crippen LogP contribution in [0, 0.1) is 0 Å². The smallest absolute Gasteiger partial charge is 0.196 e. The number of halogens is 1. The maximum Gasteiger partial charge on any atom is 0.196 e. The topological polar surface area (TPSA) is 48.4 Å². The van der Waals surface area contributed by atoms with E-state index in [4.69, 9.17) is 14.5 Å². The van der Waals surface area contributed by atoms with Crippen molar-refractivity contribution < 1.29 is 14.3 Å². The number of para-hydroxylation sites is 1. The number of aromatic nitrogens is 1. The Labute approximate surface area is 186 Å². The third-order valence-corrected chi connectivity index (χ3v) is 6.23. The number of benzene rings is 3. The minimum Gasteiger partial charge on any atom is -0.493 e. The van der Waals surface area contributed by atoms with Crippen molar-refractivity contribution in [2.75, 3.05) is 14.2 Å². The van der Waals surface area contributed by atoms with Crippen molar-refractivity contribution in [2.45, 2.75) is 0 Å². The van der Waals surface area contributed by atoms with Gasteiger partial charge in [-0.2, -0.15) is 0 Å². The highest BCUT2D eigenvalue weighted by atomic mass is 79.9. The van der Waals surface area contributed by atoms with Gasteiger partial charge in [-0.1, -0.05) is 42.5 Å². The molecule has 0 aliphatic rings. The van der Waals surface area contributed by atoms with Crippen molar-refractivity contribution in [3.05, 3.63) is 87.3 Å². The van der Waals surface area contributed by atoms with E-state index >= 15 is 0 Å². The molecule has 1 aromatic heterocycles. The summed E-state index contributed by atoms with van der Waals surface area (Å²) in [6.45, 7) is 0. The first-order valence-electron chi connectivity index (χ1n) is 9.19. The summed E-state index contributed by atoms with van der Waals surface area (Å²) >= 11 is 5.02. The highest BCUT2D eigenvalue weighted by Gasteiger charge is 2.19. The molecule has 0 saturated carbocycles. The van der Waals surface area contributed by atoms with Crippen LogP contribution in [0.15, 0.2) is 71.2 Å². The quantitative estimate of drug-likeness (QED) is 0.234. The van der Waals surface area contributed by atoms with Gasteiger partial charge in [0.05, 0.1) is 34.5 Å². The minimum absolute atomic E-state index is 0.0828. The van der Waals surface area contributed by atoms with Crippen molar-refractivity contribution in [1.82, 2.24) is 4.98 Å². The van der Waals surface area contributed by atoms with Gasteiger partial charge in [-0.05, 0) is 51.8 Å². The van der Waals surface area contributed by atoms with E-state index in [2.05, 4.69) is 15.9 Å². The summed E-state index contributed by atoms with van der Waals surface area (Å²) in [6, 6.07) is 20.8. The normalized spacial score (nSPS) is 11.5. The van der Waals surface area contributed by atoms with Crippen LogP contribution in [0.25, 0.3) is 21.9 Å². The van der Waals surface area contributed by atoms with E-state index in [1.54, 1.807) is 14.2 Å². The fraction of sp³-hybridized carbons (Fsp3) is 0.0833. The standard InChI is InChI=1S/C24H18BrNO3S/c1-28-20-14-15(13-18(25)23(20)29-2)12-17(22(27)16-8-4-3-5-9-16)24-26-19-10-6-7-11-21(19)30-24/h3-14H,1-2H3/b17-12-. The Kier molecular flexibility index (Phi) is 5.97. The summed E-state index contributed by atoms with van der Waals surface area (Å²) in [7, 11) is 3.17. The van der Waals surface area contributed by atoms with Crippen LogP contribution in [0.3, 0.4) is 0 Å². The molecule has 6 heteroatoms. The molecular weight excluding hydrogens is 462 g/mol. The number of hydrogen-bond donors (Lipinski definition) is 0. The summed E-state index contributed by atoms with van der Waals surface area (Å²) in [5.74, 6) is 1.10. The molecule has 150 valence electrons. The van der Waals surface area contributed by atoms with Crippen LogP contribution in [0.5, 0.6) is 11.5 Å². The molecule has 4 nitrogen and oxygen atoms in total. The van der Waals surface area contributed by atoms with Gasteiger partial charge >= 0.3 is 0 Å². The number of allylic oxidation sites excluding steroid dienone is 1. The van der Waals surface area contributed by atoms with E-state index in [0.29, 0.717) is 27.6 Å². The molecule has 0 atom stereocenters. The third kappa shape index (κ3) is 4.01. The highest BCUT2D eigenvalue weighted by molar-refractivity contribution is 9.10. The van der Waals surface area contributed by atoms with E-state index < -0.39 is 0 Å². The average molecular weight is 480 g/mol. The van der Waals surface area contributed by atoms with Crippen LogP contribution in [0.2, 0.25) is 0 Å². The number of fused-ring (bicyclic) bond motifs is 1. The molecule has 1 heterocycles. The van der Waals surface area contributed by atoms with Crippen molar-refractivity contribution in [1.29, 1.82) is 0 Å². The first-order valence-corrected chi connectivity index (χ1v) is 10.8. The maximum absolute atomic E-state index is 13.4. The van der Waals surface area contributed by atoms with Gasteiger partial charge in [0.2, 0.25) is 0 Å². The molecule has 0 bridgehead atoms. The fourth-order valence-electron chi connectivity index (χ4n) is 3.14. The Balaban J connectivity index is 1.89. The molecule has 0 aliphatic heterocycles. The molecule has 0 spiro atoms. The number of carbonyl (C=O) groups excluding carboxylic acids is 1. The largest absolute Gasteiger partial charge is 0.493 e. The number of nitrogens with zero attached hydrogens (tertiary/aromatic N) is 1. The van der Waals surface area contributed by atoms with Gasteiger partial charge in [-0.3, -0.25) is 4.79 Å². The molecule has 0 saturated heterocycles. The van der Waals surface area contributed by atoms with E-state index in [1.165, 1.54) is 11.3 Å². The lowest BCUT2D eigenvalue weighted by atomic mass is 10.0. The van der Waals surface area contributed by atoms with Crippen LogP contribution in [0.4, 0.5) is 0 Å². The van der Waals surface area contributed by atoms with Crippen molar-refractivity contribution in [2.24, 2.45) is 0 Å². The van der Waals surface area contributed by atoms with Gasteiger partial charge < -0.3 is 9.47 Å². The fourth-order valence-corrected chi connectivity index (χ4v) is 4.75. The Morgan fingerprint density at radius 3 is 2.43 bits per heavy atom. The first-order chi connectivity index (χ1) is 14.6. The van der Waals surface area contributed by atoms with Crippen LogP contribution in [-0.4, -0.2) is 25.0 Å². The molecule has 0 radical (unpaired) electrons. The van der Waals surface area contributed by atoms with E-state index in [-0.39, 0.29) is 5.78 Å². The number of rotatable bonds is 6. The van der Waals surface area contributed by atoms with Gasteiger partial charge in [-0.25, -0.2) is 4.98 Å². The second kappa shape index (κ2) is 8.81. The van der Waals surface area contributed by atoms with Crippen LogP contribution in [0.1, 0.15) is 20.9 Å². The summed E-state index contributed by atoms with van der Waals surface area (Å²) in [4.78, 5) is 18.1. The SMILES string of the molecule is COc1cc(/C=C(/C(=O)c2ccccc2)c2nc3ccccc3s2)cc(Br)c1OC. The second-order valence-electron chi connectivity index (χ2n) is 6.48. The van der Waals surface area contributed by atoms with Crippen molar-refractivity contribution in [3.63, 3.8) is 0 Å². The number of Topliss-reactive ketones (excluding diaryl/α,β-unsaturated/α-hetero) is 1. The molecule has 0 aliphatic carbocycles. The van der Waals surface area contributed by atoms with E-state index in [1.807, 2.05) is 72.8 Å². The van der Waals surface area contributed by atoms with Gasteiger partial charge in [0.1, 0.15) is 5.01 Å². The Morgan fingerprint density at radius 2 is 1.73 bits per heavy atom. The maximum atomic E-state index is 13.4. The average Bonchev–Trinajstić information content (AvgIpc) is 3.21. The molecule has 4 rings (SSSR count). The van der Waals surface area contributed by atoms with Gasteiger partial charge in [0.25, 0.3) is 0 Å². The molecule has 4 aromatic rings. The second-order valence-corrected chi connectivity index (χ2v) is 8.36. The predicted molar refractivity (Wildman–Crippen MR) is 126 cm³/mol. The molecule has 0 fully saturated rings. The number of carbonyl (C=O) groups is 1. The zero-order chi connectivity index (χ0) is 21.1. The zero-order valence-electron chi connectivity index (χ0n) is 16.4. The molecular formula is C24H18BrNO3S. The minimum atomic E-state index is -0.0828. The summed E-state index contributed by atoms with van der Waals surface area (Å²) in [5, 5.41) is 0.677. The Hall–Kier alpha value is -2.96. The van der Waals surface area contributed by atoms with E-state index in [9.17, 15) is 4.79 Å². The lowest BCUT2D eigenvalue weighted by Crippen LogP contribution is -2.02. The van der Waals surface area contributed by atoms with Crippen LogP contribution < -0.4 is 9.47 Å². The Bertz CT molecular complexity index is 1220. The number of ether oxygens (including phenoxy) is 2. The third-order valence-electron chi connectivity index (χ3n) is 4.57. The zero-order valence-corrected chi connectivity index (χ0v) is 18.8. The molecule has 30 heavy (non-hydrogen) atoms. The monoisotopic (exact) mass is 479 g/mol. The van der Waals surface area contributed by atoms with Crippen molar-refractivity contribution in [3.8, 4) is 11.5 Å². The van der Waals surface area contributed by atoms with Gasteiger partial charge in [-0.15, -0.1) is 11.3 Å². The Morgan fingerprint density at radius 1 is 1.00 bits per heavy atom. The first kappa shape index (κ1) is 20.3. The number of hydrogen-bond acceptors (Lipinski definition) is 5. The van der Waals surface area contributed by atoms with E-state index in [0.717, 1.165) is 20.3 Å². The molecule has 0 N–H and O–H groups in total. The lowest BCUT2D eigenvalue weighted by molar-refractivity contribution is 0.105. The molecule has 0 amide bonds. The van der Waals surface area contributed by atoms with Gasteiger partial charge in [0.15, 0.2) is 17.3 Å². The number of ketones is 1. The summed E-state index contributed by atoms with van der Waals surface area (Å²) < 4.78 is 12.6. The molecule has 3 aromatic carbocycles. The van der Waals surface area contributed by atoms with Crippen LogP contribution >= 0.6 is 27.3 Å². The molecule has 0 unspecified atom stereocenters. The lowest BCUT2D eigenvalue weighted by Gasteiger charge is -2.11. The number of methoxy groups -OCH3 is 2. The van der Waals surface area contributed by atoms with Gasteiger partial charge in [0, 0.05) is 5.56 Å². The number of thiazole rings is 1. The predicted octanol–water partition coefficient (Wildman–Crippen LogP) is 6.50.